The van der Waals surface area contributed by atoms with E-state index in [1.807, 2.05) is 0 Å². The van der Waals surface area contributed by atoms with Gasteiger partial charge in [-0.05, 0) is 12.8 Å². The van der Waals surface area contributed by atoms with Gasteiger partial charge in [0.2, 0.25) is 0 Å². The van der Waals surface area contributed by atoms with Crippen molar-refractivity contribution in [3.05, 3.63) is 32.6 Å². The minimum Gasteiger partial charge on any atom is -0.293 e. The molecule has 2 fully saturated rings. The van der Waals surface area contributed by atoms with Gasteiger partial charge in [-0.25, -0.2) is 19.0 Å². The van der Waals surface area contributed by atoms with Gasteiger partial charge in [-0.2, -0.15) is 10.2 Å². The van der Waals surface area contributed by atoms with E-state index >= 15 is 0 Å². The standard InChI is InChI=1S/C17H28N8O2/c1-22-15(26)18-13(20-22)10-24-8-9-25(11-14-19-16(27)23(2)21-14)17(12-24)6-4-3-5-7-17/h3-12H2,1-2H3,(H,18,20,26)(H,19,21,27). The molecule has 148 valence electrons. The maximum absolute atomic E-state index is 11.7. The van der Waals surface area contributed by atoms with Crippen LogP contribution < -0.4 is 11.4 Å². The van der Waals surface area contributed by atoms with Gasteiger partial charge in [0.25, 0.3) is 0 Å². The number of hydrogen-bond donors (Lipinski definition) is 2. The molecule has 4 rings (SSSR count). The molecule has 2 N–H and O–H groups in total. The number of nitrogens with zero attached hydrogens (tertiary/aromatic N) is 6. The van der Waals surface area contributed by atoms with Crippen molar-refractivity contribution in [2.24, 2.45) is 14.1 Å². The van der Waals surface area contributed by atoms with E-state index in [0.717, 1.165) is 44.1 Å². The molecule has 1 aliphatic carbocycles. The smallest absolute Gasteiger partial charge is 0.293 e. The molecule has 0 bridgehead atoms. The lowest BCUT2D eigenvalue weighted by molar-refractivity contribution is -0.0371. The van der Waals surface area contributed by atoms with Crippen LogP contribution in [0, 0.1) is 0 Å². The summed E-state index contributed by atoms with van der Waals surface area (Å²) in [5.41, 5.74) is -0.240. The predicted octanol–water partition coefficient (Wildman–Crippen LogP) is -0.449. The molecule has 3 heterocycles. The van der Waals surface area contributed by atoms with Crippen LogP contribution in [-0.4, -0.2) is 64.5 Å². The highest BCUT2D eigenvalue weighted by atomic mass is 16.2. The molecule has 0 radical (unpaired) electrons. The second-order valence-electron chi connectivity index (χ2n) is 7.92. The van der Waals surface area contributed by atoms with E-state index in [1.165, 1.54) is 28.6 Å². The fourth-order valence-corrected chi connectivity index (χ4v) is 4.61. The van der Waals surface area contributed by atoms with Crippen LogP contribution in [0.5, 0.6) is 0 Å². The molecule has 0 amide bonds. The fourth-order valence-electron chi connectivity index (χ4n) is 4.61. The Hall–Kier alpha value is -2.20. The summed E-state index contributed by atoms with van der Waals surface area (Å²) in [7, 11) is 3.33. The summed E-state index contributed by atoms with van der Waals surface area (Å²) >= 11 is 0. The first kappa shape index (κ1) is 18.2. The van der Waals surface area contributed by atoms with Crippen molar-refractivity contribution < 1.29 is 0 Å². The topological polar surface area (TPSA) is 108 Å². The lowest BCUT2D eigenvalue weighted by atomic mass is 9.78. The average Bonchev–Trinajstić information content (AvgIpc) is 3.12. The summed E-state index contributed by atoms with van der Waals surface area (Å²) in [6, 6.07) is 0. The normalized spacial score (nSPS) is 21.1. The lowest BCUT2D eigenvalue weighted by Gasteiger charge is -2.52. The van der Waals surface area contributed by atoms with Crippen LogP contribution in [0.1, 0.15) is 43.8 Å². The van der Waals surface area contributed by atoms with E-state index in [9.17, 15) is 9.59 Å². The zero-order valence-corrected chi connectivity index (χ0v) is 16.1. The molecule has 1 saturated carbocycles. The van der Waals surface area contributed by atoms with Gasteiger partial charge < -0.3 is 0 Å². The van der Waals surface area contributed by atoms with Crippen molar-refractivity contribution in [3.8, 4) is 0 Å². The number of H-pyrrole nitrogens is 2. The minimum atomic E-state index is -0.171. The van der Waals surface area contributed by atoms with E-state index in [2.05, 4.69) is 30.0 Å². The van der Waals surface area contributed by atoms with Gasteiger partial charge in [0.1, 0.15) is 11.6 Å². The average molecular weight is 376 g/mol. The molecule has 2 aromatic rings. The predicted molar refractivity (Wildman–Crippen MR) is 99.2 cm³/mol. The van der Waals surface area contributed by atoms with Crippen molar-refractivity contribution in [1.29, 1.82) is 0 Å². The first-order chi connectivity index (χ1) is 12.9. The summed E-state index contributed by atoms with van der Waals surface area (Å²) in [5.74, 6) is 1.45. The third-order valence-corrected chi connectivity index (χ3v) is 6.00. The van der Waals surface area contributed by atoms with Crippen LogP contribution in [0.3, 0.4) is 0 Å². The maximum Gasteiger partial charge on any atom is 0.343 e. The van der Waals surface area contributed by atoms with Crippen LogP contribution in [-0.2, 0) is 27.2 Å². The van der Waals surface area contributed by atoms with Gasteiger partial charge in [-0.15, -0.1) is 0 Å². The van der Waals surface area contributed by atoms with Crippen molar-refractivity contribution in [2.75, 3.05) is 19.6 Å². The molecular weight excluding hydrogens is 348 g/mol. The number of nitrogens with one attached hydrogen (secondary N) is 2. The van der Waals surface area contributed by atoms with Crippen LogP contribution >= 0.6 is 0 Å². The zero-order valence-electron chi connectivity index (χ0n) is 16.1. The van der Waals surface area contributed by atoms with E-state index in [4.69, 9.17) is 0 Å². The molecule has 0 aromatic carbocycles. The number of aromatic amines is 2. The third-order valence-electron chi connectivity index (χ3n) is 6.00. The Morgan fingerprint density at radius 1 is 0.889 bits per heavy atom. The zero-order chi connectivity index (χ0) is 19.0. The number of aryl methyl sites for hydroxylation is 2. The molecule has 2 aliphatic rings. The summed E-state index contributed by atoms with van der Waals surface area (Å²) in [4.78, 5) is 33.9. The summed E-state index contributed by atoms with van der Waals surface area (Å²) in [5, 5.41) is 8.60. The molecule has 1 aliphatic heterocycles. The molecule has 1 saturated heterocycles. The largest absolute Gasteiger partial charge is 0.343 e. The van der Waals surface area contributed by atoms with Crippen molar-refractivity contribution in [2.45, 2.75) is 50.7 Å². The highest BCUT2D eigenvalue weighted by Gasteiger charge is 2.42. The number of hydrogen-bond acceptors (Lipinski definition) is 6. The summed E-state index contributed by atoms with van der Waals surface area (Å²) < 4.78 is 2.70. The van der Waals surface area contributed by atoms with E-state index in [-0.39, 0.29) is 16.9 Å². The van der Waals surface area contributed by atoms with Gasteiger partial charge >= 0.3 is 11.4 Å². The molecule has 2 aromatic heterocycles. The molecule has 10 heteroatoms. The van der Waals surface area contributed by atoms with Crippen molar-refractivity contribution >= 4 is 0 Å². The molecule has 1 spiro atoms. The van der Waals surface area contributed by atoms with Crippen molar-refractivity contribution in [3.63, 3.8) is 0 Å². The van der Waals surface area contributed by atoms with Crippen molar-refractivity contribution in [1.82, 2.24) is 39.3 Å². The number of aromatic nitrogens is 6. The molecule has 10 nitrogen and oxygen atoms in total. The Morgan fingerprint density at radius 3 is 2.04 bits per heavy atom. The second kappa shape index (κ2) is 7.08. The molecule has 0 unspecified atom stereocenters. The van der Waals surface area contributed by atoms with E-state index < -0.39 is 0 Å². The van der Waals surface area contributed by atoms with Gasteiger partial charge in [0, 0.05) is 39.3 Å². The van der Waals surface area contributed by atoms with Crippen LogP contribution in [0.25, 0.3) is 0 Å². The van der Waals surface area contributed by atoms with Gasteiger partial charge in [0.05, 0.1) is 13.1 Å². The van der Waals surface area contributed by atoms with Crippen LogP contribution in [0.4, 0.5) is 0 Å². The fraction of sp³-hybridized carbons (Fsp3) is 0.765. The van der Waals surface area contributed by atoms with Gasteiger partial charge in [-0.3, -0.25) is 19.8 Å². The lowest BCUT2D eigenvalue weighted by Crippen LogP contribution is -2.62. The quantitative estimate of drug-likeness (QED) is 0.748. The SMILES string of the molecule is Cn1nc(CN2CCN(Cc3nn(C)c(=O)[nH]3)C3(CCCCC3)C2)[nH]c1=O. The van der Waals surface area contributed by atoms with Gasteiger partial charge in [-0.1, -0.05) is 19.3 Å². The third kappa shape index (κ3) is 3.63. The van der Waals surface area contributed by atoms with E-state index in [1.54, 1.807) is 14.1 Å². The summed E-state index contributed by atoms with van der Waals surface area (Å²) in [6.07, 6.45) is 6.04. The van der Waals surface area contributed by atoms with E-state index in [0.29, 0.717) is 13.1 Å². The maximum atomic E-state index is 11.7. The Balaban J connectivity index is 1.51. The Kier molecular flexibility index (Phi) is 4.77. The molecule has 0 atom stereocenters. The number of rotatable bonds is 4. The highest BCUT2D eigenvalue weighted by molar-refractivity contribution is 5.01. The Labute approximate surface area is 157 Å². The monoisotopic (exact) mass is 376 g/mol. The first-order valence-corrected chi connectivity index (χ1v) is 9.67. The molecule has 27 heavy (non-hydrogen) atoms. The second-order valence-corrected chi connectivity index (χ2v) is 7.92. The summed E-state index contributed by atoms with van der Waals surface area (Å²) in [6.45, 7) is 4.09. The first-order valence-electron chi connectivity index (χ1n) is 9.67. The Morgan fingerprint density at radius 2 is 1.48 bits per heavy atom. The Bertz CT molecular complexity index is 901. The van der Waals surface area contributed by atoms with Gasteiger partial charge in [0.15, 0.2) is 0 Å². The van der Waals surface area contributed by atoms with Crippen LogP contribution in [0.15, 0.2) is 9.59 Å². The minimum absolute atomic E-state index is 0.0972. The van der Waals surface area contributed by atoms with Crippen LogP contribution in [0.2, 0.25) is 0 Å². The highest BCUT2D eigenvalue weighted by Crippen LogP contribution is 2.37. The molecular formula is C17H28N8O2. The number of piperazine rings is 1.